The number of aliphatic hydroxyl groups excluding tert-OH is 1. The Morgan fingerprint density at radius 1 is 1.23 bits per heavy atom. The summed E-state index contributed by atoms with van der Waals surface area (Å²) in [5.41, 5.74) is 1.42. The van der Waals surface area contributed by atoms with Crippen molar-refractivity contribution in [2.45, 2.75) is 26.3 Å². The average molecular weight is 300 g/mol. The van der Waals surface area contributed by atoms with E-state index in [0.717, 1.165) is 11.4 Å². The Bertz CT molecular complexity index is 653. The number of aryl methyl sites for hydroxylation is 1. The number of hydrogen-bond acceptors (Lipinski definition) is 5. The van der Waals surface area contributed by atoms with E-state index in [1.165, 1.54) is 0 Å². The molecular formula is C16H20N4O2. The molecule has 0 spiro atoms. The molecule has 0 atom stereocenters. The van der Waals surface area contributed by atoms with Crippen LogP contribution in [-0.4, -0.2) is 33.4 Å². The second-order valence-electron chi connectivity index (χ2n) is 5.76. The van der Waals surface area contributed by atoms with Gasteiger partial charge in [-0.2, -0.15) is 5.10 Å². The molecule has 6 nitrogen and oxygen atoms in total. The van der Waals surface area contributed by atoms with Crippen LogP contribution in [-0.2, 0) is 0 Å². The quantitative estimate of drug-likeness (QED) is 0.786. The molecule has 0 aliphatic carbocycles. The van der Waals surface area contributed by atoms with E-state index in [9.17, 15) is 9.90 Å². The van der Waals surface area contributed by atoms with Crippen LogP contribution in [0.1, 0.15) is 29.9 Å². The van der Waals surface area contributed by atoms with Crippen molar-refractivity contribution < 1.29 is 9.90 Å². The van der Waals surface area contributed by atoms with E-state index in [1.807, 2.05) is 25.1 Å². The minimum atomic E-state index is -0.664. The highest BCUT2D eigenvalue weighted by Crippen LogP contribution is 2.16. The normalized spacial score (nSPS) is 11.1. The Labute approximate surface area is 129 Å². The molecule has 0 fully saturated rings. The van der Waals surface area contributed by atoms with E-state index in [4.69, 9.17) is 0 Å². The summed E-state index contributed by atoms with van der Waals surface area (Å²) in [6, 6.07) is 10.7. The Kier molecular flexibility index (Phi) is 4.72. The van der Waals surface area contributed by atoms with Crippen LogP contribution in [0.25, 0.3) is 0 Å². The lowest BCUT2D eigenvalue weighted by Crippen LogP contribution is -2.46. The third kappa shape index (κ3) is 4.26. The Morgan fingerprint density at radius 3 is 2.64 bits per heavy atom. The average Bonchev–Trinajstić information content (AvgIpc) is 2.49. The third-order valence-corrected chi connectivity index (χ3v) is 3.04. The van der Waals surface area contributed by atoms with Crippen molar-refractivity contribution in [3.63, 3.8) is 0 Å². The number of aliphatic hydroxyl groups is 1. The highest BCUT2D eigenvalue weighted by atomic mass is 16.3. The van der Waals surface area contributed by atoms with Gasteiger partial charge in [-0.1, -0.05) is 6.07 Å². The number of nitrogens with zero attached hydrogens (tertiary/aromatic N) is 2. The Balaban J connectivity index is 2.12. The molecule has 0 bridgehead atoms. The number of anilines is 2. The minimum absolute atomic E-state index is 0.129. The predicted molar refractivity (Wildman–Crippen MR) is 85.1 cm³/mol. The molecule has 1 aromatic carbocycles. The Hall–Kier alpha value is -2.47. The summed E-state index contributed by atoms with van der Waals surface area (Å²) in [5, 5.41) is 23.1. The molecule has 0 radical (unpaired) electrons. The van der Waals surface area contributed by atoms with Crippen LogP contribution >= 0.6 is 0 Å². The van der Waals surface area contributed by atoms with Crippen molar-refractivity contribution in [3.8, 4) is 0 Å². The summed E-state index contributed by atoms with van der Waals surface area (Å²) in [7, 11) is 0. The van der Waals surface area contributed by atoms with Gasteiger partial charge in [-0.15, -0.1) is 5.10 Å². The summed E-state index contributed by atoms with van der Waals surface area (Å²) in [6.45, 7) is 5.25. The van der Waals surface area contributed by atoms with Gasteiger partial charge in [-0.3, -0.25) is 4.79 Å². The molecule has 22 heavy (non-hydrogen) atoms. The fraction of sp³-hybridized carbons (Fsp3) is 0.312. The molecular weight excluding hydrogens is 280 g/mol. The van der Waals surface area contributed by atoms with Gasteiger partial charge < -0.3 is 15.7 Å². The van der Waals surface area contributed by atoms with Gasteiger partial charge in [-0.05, 0) is 51.1 Å². The molecule has 0 unspecified atom stereocenters. The number of carbonyl (C=O) groups is 1. The number of benzene rings is 1. The van der Waals surface area contributed by atoms with Gasteiger partial charge in [0.05, 0.1) is 17.8 Å². The molecule has 0 saturated heterocycles. The molecule has 2 rings (SSSR count). The van der Waals surface area contributed by atoms with E-state index < -0.39 is 5.54 Å². The highest BCUT2D eigenvalue weighted by Gasteiger charge is 2.20. The smallest absolute Gasteiger partial charge is 0.251 e. The van der Waals surface area contributed by atoms with E-state index >= 15 is 0 Å². The van der Waals surface area contributed by atoms with Gasteiger partial charge in [0.2, 0.25) is 0 Å². The van der Waals surface area contributed by atoms with Gasteiger partial charge in [0, 0.05) is 11.3 Å². The topological polar surface area (TPSA) is 87.1 Å². The molecule has 1 aromatic heterocycles. The fourth-order valence-corrected chi connectivity index (χ4v) is 1.77. The highest BCUT2D eigenvalue weighted by molar-refractivity contribution is 5.95. The lowest BCUT2D eigenvalue weighted by atomic mass is 10.1. The van der Waals surface area contributed by atoms with Crippen molar-refractivity contribution in [3.05, 3.63) is 47.7 Å². The summed E-state index contributed by atoms with van der Waals surface area (Å²) in [5.74, 6) is 0.372. The van der Waals surface area contributed by atoms with E-state index in [-0.39, 0.29) is 12.5 Å². The molecule has 2 aromatic rings. The molecule has 116 valence electrons. The van der Waals surface area contributed by atoms with Crippen molar-refractivity contribution in [1.29, 1.82) is 0 Å². The second-order valence-corrected chi connectivity index (χ2v) is 5.76. The number of carbonyl (C=O) groups excluding carboxylic acids is 1. The third-order valence-electron chi connectivity index (χ3n) is 3.04. The van der Waals surface area contributed by atoms with Gasteiger partial charge in [0.25, 0.3) is 5.91 Å². The number of hydrogen-bond donors (Lipinski definition) is 3. The molecule has 0 aliphatic heterocycles. The largest absolute Gasteiger partial charge is 0.394 e. The minimum Gasteiger partial charge on any atom is -0.394 e. The SMILES string of the molecule is Cc1ccc(Nc2cccc(C(=O)NC(C)(C)CO)c2)nn1. The Morgan fingerprint density at radius 2 is 2.00 bits per heavy atom. The molecule has 1 heterocycles. The van der Waals surface area contributed by atoms with Crippen LogP contribution in [0.3, 0.4) is 0 Å². The molecule has 6 heteroatoms. The van der Waals surface area contributed by atoms with E-state index in [1.54, 1.807) is 32.0 Å². The van der Waals surface area contributed by atoms with E-state index in [0.29, 0.717) is 11.4 Å². The zero-order chi connectivity index (χ0) is 16.2. The van der Waals surface area contributed by atoms with Crippen LogP contribution in [0.15, 0.2) is 36.4 Å². The first-order valence-corrected chi connectivity index (χ1v) is 7.00. The van der Waals surface area contributed by atoms with Gasteiger partial charge in [0.1, 0.15) is 0 Å². The van der Waals surface area contributed by atoms with Crippen LogP contribution in [0.2, 0.25) is 0 Å². The number of amides is 1. The summed E-state index contributed by atoms with van der Waals surface area (Å²) >= 11 is 0. The number of rotatable bonds is 5. The van der Waals surface area contributed by atoms with Crippen molar-refractivity contribution in [1.82, 2.24) is 15.5 Å². The second kappa shape index (κ2) is 6.53. The first-order chi connectivity index (χ1) is 10.4. The maximum absolute atomic E-state index is 12.2. The zero-order valence-corrected chi connectivity index (χ0v) is 12.9. The maximum atomic E-state index is 12.2. The number of aromatic nitrogens is 2. The first-order valence-electron chi connectivity index (χ1n) is 7.00. The van der Waals surface area contributed by atoms with Gasteiger partial charge in [0.15, 0.2) is 5.82 Å². The first kappa shape index (κ1) is 15.9. The monoisotopic (exact) mass is 300 g/mol. The predicted octanol–water partition coefficient (Wildman–Crippen LogP) is 2.03. The lowest BCUT2D eigenvalue weighted by molar-refractivity contribution is 0.0869. The molecule has 0 aliphatic rings. The van der Waals surface area contributed by atoms with Gasteiger partial charge in [-0.25, -0.2) is 0 Å². The van der Waals surface area contributed by atoms with Crippen LogP contribution < -0.4 is 10.6 Å². The molecule has 1 amide bonds. The summed E-state index contributed by atoms with van der Waals surface area (Å²) in [4.78, 5) is 12.2. The summed E-state index contributed by atoms with van der Waals surface area (Å²) < 4.78 is 0. The maximum Gasteiger partial charge on any atom is 0.251 e. The standard InChI is InChI=1S/C16H20N4O2/c1-11-7-8-14(20-19-11)17-13-6-4-5-12(9-13)15(22)18-16(2,3)10-21/h4-9,21H,10H2,1-3H3,(H,17,20)(H,18,22). The molecule has 0 saturated carbocycles. The van der Waals surface area contributed by atoms with Gasteiger partial charge >= 0.3 is 0 Å². The summed E-state index contributed by atoms with van der Waals surface area (Å²) in [6.07, 6.45) is 0. The van der Waals surface area contributed by atoms with Crippen LogP contribution in [0, 0.1) is 6.92 Å². The number of nitrogens with one attached hydrogen (secondary N) is 2. The van der Waals surface area contributed by atoms with Crippen molar-refractivity contribution >= 4 is 17.4 Å². The van der Waals surface area contributed by atoms with Crippen LogP contribution in [0.4, 0.5) is 11.5 Å². The van der Waals surface area contributed by atoms with Crippen molar-refractivity contribution in [2.75, 3.05) is 11.9 Å². The van der Waals surface area contributed by atoms with E-state index in [2.05, 4.69) is 20.8 Å². The zero-order valence-electron chi connectivity index (χ0n) is 12.9. The molecule has 3 N–H and O–H groups in total. The van der Waals surface area contributed by atoms with Crippen LogP contribution in [0.5, 0.6) is 0 Å². The fourth-order valence-electron chi connectivity index (χ4n) is 1.77. The van der Waals surface area contributed by atoms with Crippen molar-refractivity contribution in [2.24, 2.45) is 0 Å². The lowest BCUT2D eigenvalue weighted by Gasteiger charge is -2.23.